The van der Waals surface area contributed by atoms with Crippen molar-refractivity contribution >= 4 is 17.5 Å². The Kier molecular flexibility index (Phi) is 7.40. The van der Waals surface area contributed by atoms with Crippen LogP contribution in [-0.4, -0.2) is 30.7 Å². The van der Waals surface area contributed by atoms with Gasteiger partial charge >= 0.3 is 0 Å². The number of carbonyl (C=O) groups is 2. The molecule has 0 saturated heterocycles. The highest BCUT2D eigenvalue weighted by molar-refractivity contribution is 5.94. The number of ether oxygens (including phenoxy) is 2. The van der Waals surface area contributed by atoms with E-state index < -0.39 is 0 Å². The molecule has 0 aliphatic carbocycles. The molecule has 2 aromatic carbocycles. The first-order valence-electron chi connectivity index (χ1n) is 9.77. The van der Waals surface area contributed by atoms with E-state index in [2.05, 4.69) is 15.8 Å². The van der Waals surface area contributed by atoms with Crippen molar-refractivity contribution in [2.24, 2.45) is 0 Å². The van der Waals surface area contributed by atoms with E-state index >= 15 is 0 Å². The standard InChI is InChI=1S/C23H25N3O5/c1-15-21(16(2)31-26-15)13-30-20-9-5-7-18(11-20)23(28)24-12-17-6-4-8-19(10-17)25-22(27)14-29-3/h4-11H,12-14H2,1-3H3,(H,24,28)(H,25,27). The molecule has 0 saturated carbocycles. The molecule has 8 heteroatoms. The fourth-order valence-corrected chi connectivity index (χ4v) is 2.96. The van der Waals surface area contributed by atoms with Gasteiger partial charge < -0.3 is 24.6 Å². The van der Waals surface area contributed by atoms with Crippen molar-refractivity contribution in [1.82, 2.24) is 10.5 Å². The van der Waals surface area contributed by atoms with E-state index in [0.29, 0.717) is 35.9 Å². The Morgan fingerprint density at radius 2 is 1.90 bits per heavy atom. The maximum absolute atomic E-state index is 12.6. The normalized spacial score (nSPS) is 10.5. The zero-order valence-electron chi connectivity index (χ0n) is 17.7. The summed E-state index contributed by atoms with van der Waals surface area (Å²) in [5.74, 6) is 0.830. The molecule has 8 nitrogen and oxygen atoms in total. The smallest absolute Gasteiger partial charge is 0.251 e. The third-order valence-electron chi connectivity index (χ3n) is 4.60. The average molecular weight is 423 g/mol. The van der Waals surface area contributed by atoms with Crippen LogP contribution in [0.25, 0.3) is 0 Å². The Bertz CT molecular complexity index is 1040. The second-order valence-electron chi connectivity index (χ2n) is 6.98. The first-order chi connectivity index (χ1) is 15.0. The molecule has 3 rings (SSSR count). The van der Waals surface area contributed by atoms with E-state index in [1.165, 1.54) is 7.11 Å². The molecule has 0 spiro atoms. The topological polar surface area (TPSA) is 103 Å². The van der Waals surface area contributed by atoms with Gasteiger partial charge in [-0.1, -0.05) is 23.4 Å². The zero-order chi connectivity index (χ0) is 22.2. The van der Waals surface area contributed by atoms with Crippen molar-refractivity contribution < 1.29 is 23.6 Å². The van der Waals surface area contributed by atoms with Crippen LogP contribution in [0.3, 0.4) is 0 Å². The zero-order valence-corrected chi connectivity index (χ0v) is 17.7. The van der Waals surface area contributed by atoms with Gasteiger partial charge in [-0.2, -0.15) is 0 Å². The van der Waals surface area contributed by atoms with E-state index in [9.17, 15) is 9.59 Å². The lowest BCUT2D eigenvalue weighted by Crippen LogP contribution is -2.23. The van der Waals surface area contributed by atoms with Crippen LogP contribution in [0.1, 0.15) is 32.9 Å². The van der Waals surface area contributed by atoms with Gasteiger partial charge in [-0.25, -0.2) is 0 Å². The van der Waals surface area contributed by atoms with E-state index in [1.54, 1.807) is 36.4 Å². The molecule has 0 aliphatic heterocycles. The Labute approximate surface area is 180 Å². The number of rotatable bonds is 9. The van der Waals surface area contributed by atoms with Crippen LogP contribution in [0.2, 0.25) is 0 Å². The van der Waals surface area contributed by atoms with E-state index in [0.717, 1.165) is 16.8 Å². The molecular weight excluding hydrogens is 398 g/mol. The maximum Gasteiger partial charge on any atom is 0.251 e. The number of amides is 2. The van der Waals surface area contributed by atoms with Gasteiger partial charge in [0.25, 0.3) is 5.91 Å². The summed E-state index contributed by atoms with van der Waals surface area (Å²) in [6.07, 6.45) is 0. The number of anilines is 1. The number of hydrogen-bond acceptors (Lipinski definition) is 6. The van der Waals surface area contributed by atoms with Gasteiger partial charge in [0.2, 0.25) is 5.91 Å². The number of carbonyl (C=O) groups excluding carboxylic acids is 2. The lowest BCUT2D eigenvalue weighted by molar-refractivity contribution is -0.119. The summed E-state index contributed by atoms with van der Waals surface area (Å²) in [6.45, 7) is 4.30. The SMILES string of the molecule is COCC(=O)Nc1cccc(CNC(=O)c2cccc(OCc3c(C)noc3C)c2)c1. The third-order valence-corrected chi connectivity index (χ3v) is 4.60. The van der Waals surface area contributed by atoms with Crippen LogP contribution in [-0.2, 0) is 22.7 Å². The maximum atomic E-state index is 12.6. The Morgan fingerprint density at radius 1 is 1.10 bits per heavy atom. The number of aromatic nitrogens is 1. The first kappa shape index (κ1) is 22.0. The molecule has 0 fully saturated rings. The van der Waals surface area contributed by atoms with Gasteiger partial charge in [-0.05, 0) is 49.7 Å². The van der Waals surface area contributed by atoms with E-state index in [1.807, 2.05) is 26.0 Å². The molecule has 1 aromatic heterocycles. The molecule has 2 N–H and O–H groups in total. The fraction of sp³-hybridized carbons (Fsp3) is 0.261. The molecule has 3 aromatic rings. The highest BCUT2D eigenvalue weighted by atomic mass is 16.5. The average Bonchev–Trinajstić information content (AvgIpc) is 3.08. The Morgan fingerprint density at radius 3 is 2.65 bits per heavy atom. The number of nitrogens with one attached hydrogen (secondary N) is 2. The molecule has 0 atom stereocenters. The number of benzene rings is 2. The summed E-state index contributed by atoms with van der Waals surface area (Å²) >= 11 is 0. The van der Waals surface area contributed by atoms with Crippen molar-refractivity contribution in [2.45, 2.75) is 27.0 Å². The highest BCUT2D eigenvalue weighted by Gasteiger charge is 2.11. The van der Waals surface area contributed by atoms with Gasteiger partial charge in [0, 0.05) is 24.9 Å². The minimum atomic E-state index is -0.239. The van der Waals surface area contributed by atoms with Crippen molar-refractivity contribution in [3.05, 3.63) is 76.7 Å². The summed E-state index contributed by atoms with van der Waals surface area (Å²) in [5.41, 5.74) is 3.66. The lowest BCUT2D eigenvalue weighted by atomic mass is 10.1. The number of nitrogens with zero attached hydrogens (tertiary/aromatic N) is 1. The van der Waals surface area contributed by atoms with Gasteiger partial charge in [0.1, 0.15) is 24.7 Å². The minimum absolute atomic E-state index is 0.0182. The van der Waals surface area contributed by atoms with Crippen LogP contribution in [0.5, 0.6) is 5.75 Å². The molecule has 162 valence electrons. The highest BCUT2D eigenvalue weighted by Crippen LogP contribution is 2.19. The van der Waals surface area contributed by atoms with Gasteiger partial charge in [0.15, 0.2) is 0 Å². The van der Waals surface area contributed by atoms with Gasteiger partial charge in [-0.15, -0.1) is 0 Å². The lowest BCUT2D eigenvalue weighted by Gasteiger charge is -2.10. The van der Waals surface area contributed by atoms with Crippen LogP contribution in [0.4, 0.5) is 5.69 Å². The molecule has 0 unspecified atom stereocenters. The summed E-state index contributed by atoms with van der Waals surface area (Å²) in [6, 6.07) is 14.2. The van der Waals surface area contributed by atoms with Crippen LogP contribution in [0, 0.1) is 13.8 Å². The van der Waals surface area contributed by atoms with Crippen LogP contribution in [0.15, 0.2) is 53.1 Å². The summed E-state index contributed by atoms with van der Waals surface area (Å²) in [5, 5.41) is 9.53. The second-order valence-corrected chi connectivity index (χ2v) is 6.98. The van der Waals surface area contributed by atoms with E-state index in [-0.39, 0.29) is 18.4 Å². The predicted molar refractivity (Wildman–Crippen MR) is 115 cm³/mol. The molecule has 1 heterocycles. The summed E-state index contributed by atoms with van der Waals surface area (Å²) in [4.78, 5) is 24.2. The summed E-state index contributed by atoms with van der Waals surface area (Å²) in [7, 11) is 1.46. The van der Waals surface area contributed by atoms with Crippen LogP contribution < -0.4 is 15.4 Å². The number of aryl methyl sites for hydroxylation is 2. The molecular formula is C23H25N3O5. The third kappa shape index (κ3) is 6.16. The summed E-state index contributed by atoms with van der Waals surface area (Å²) < 4.78 is 15.8. The monoisotopic (exact) mass is 423 g/mol. The van der Waals surface area contributed by atoms with Crippen LogP contribution >= 0.6 is 0 Å². The van der Waals surface area contributed by atoms with Gasteiger partial charge in [-0.3, -0.25) is 9.59 Å². The first-order valence-corrected chi connectivity index (χ1v) is 9.77. The van der Waals surface area contributed by atoms with Crippen molar-refractivity contribution in [3.8, 4) is 5.75 Å². The van der Waals surface area contributed by atoms with Crippen molar-refractivity contribution in [2.75, 3.05) is 19.0 Å². The number of methoxy groups -OCH3 is 1. The predicted octanol–water partition coefficient (Wildman–Crippen LogP) is 3.39. The Balaban J connectivity index is 1.57. The van der Waals surface area contributed by atoms with E-state index in [4.69, 9.17) is 14.0 Å². The molecule has 0 radical (unpaired) electrons. The minimum Gasteiger partial charge on any atom is -0.489 e. The largest absolute Gasteiger partial charge is 0.489 e. The second kappa shape index (κ2) is 10.4. The molecule has 31 heavy (non-hydrogen) atoms. The molecule has 2 amide bonds. The van der Waals surface area contributed by atoms with Gasteiger partial charge in [0.05, 0.1) is 11.3 Å². The quantitative estimate of drug-likeness (QED) is 0.547. The molecule has 0 bridgehead atoms. The fourth-order valence-electron chi connectivity index (χ4n) is 2.96. The molecule has 0 aliphatic rings. The van der Waals surface area contributed by atoms with Crippen molar-refractivity contribution in [3.63, 3.8) is 0 Å². The number of hydrogen-bond donors (Lipinski definition) is 2. The van der Waals surface area contributed by atoms with Crippen molar-refractivity contribution in [1.29, 1.82) is 0 Å². The Hall–Kier alpha value is -3.65.